The number of nitrogens with zero attached hydrogens (tertiary/aromatic N) is 1. The van der Waals surface area contributed by atoms with E-state index < -0.39 is 0 Å². The molecule has 0 fully saturated rings. The normalized spacial score (nSPS) is 11.4. The maximum absolute atomic E-state index is 5.87. The highest BCUT2D eigenvalue weighted by molar-refractivity contribution is 5.81. The van der Waals surface area contributed by atoms with Crippen molar-refractivity contribution in [2.75, 3.05) is 18.0 Å². The molecule has 126 valence electrons. The summed E-state index contributed by atoms with van der Waals surface area (Å²) in [5.41, 5.74) is 16.2. The first-order valence-electron chi connectivity index (χ1n) is 8.26. The Hall–Kier alpha value is -3.11. The molecule has 0 radical (unpaired) electrons. The first-order valence-corrected chi connectivity index (χ1v) is 8.26. The SMILES string of the molecule is Nc1cc(/C(=C\CNCc2ccccc2)c2ccccc2)cc(N)n1. The minimum atomic E-state index is 0.425. The molecule has 0 amide bonds. The molecule has 5 N–H and O–H groups in total. The lowest BCUT2D eigenvalue weighted by atomic mass is 9.98. The summed E-state index contributed by atoms with van der Waals surface area (Å²) in [4.78, 5) is 4.06. The van der Waals surface area contributed by atoms with E-state index in [2.05, 4.69) is 40.6 Å². The standard InChI is InChI=1S/C21H22N4/c22-20-13-18(14-21(23)25-20)19(17-9-5-2-6-10-17)11-12-24-15-16-7-3-1-4-8-16/h1-11,13-14,24H,12,15H2,(H4,22,23,25)/b19-11-. The fourth-order valence-electron chi connectivity index (χ4n) is 2.74. The second kappa shape index (κ2) is 8.13. The first-order chi connectivity index (χ1) is 12.2. The van der Waals surface area contributed by atoms with Crippen LogP contribution in [0.5, 0.6) is 0 Å². The molecule has 2 aromatic carbocycles. The van der Waals surface area contributed by atoms with E-state index in [1.165, 1.54) is 5.56 Å². The average Bonchev–Trinajstić information content (AvgIpc) is 2.62. The second-order valence-electron chi connectivity index (χ2n) is 5.81. The quantitative estimate of drug-likeness (QED) is 0.605. The highest BCUT2D eigenvalue weighted by atomic mass is 14.9. The van der Waals surface area contributed by atoms with E-state index in [-0.39, 0.29) is 0 Å². The van der Waals surface area contributed by atoms with Gasteiger partial charge in [0.25, 0.3) is 0 Å². The summed E-state index contributed by atoms with van der Waals surface area (Å²) in [7, 11) is 0. The molecule has 0 aliphatic carbocycles. The molecule has 0 aliphatic heterocycles. The zero-order valence-corrected chi connectivity index (χ0v) is 14.0. The fraction of sp³-hybridized carbons (Fsp3) is 0.0952. The van der Waals surface area contributed by atoms with Crippen molar-refractivity contribution < 1.29 is 0 Å². The van der Waals surface area contributed by atoms with Crippen LogP contribution in [0.25, 0.3) is 5.57 Å². The Morgan fingerprint density at radius 2 is 1.44 bits per heavy atom. The predicted molar refractivity (Wildman–Crippen MR) is 105 cm³/mol. The summed E-state index contributed by atoms with van der Waals surface area (Å²) < 4.78 is 0. The van der Waals surface area contributed by atoms with Crippen molar-refractivity contribution in [1.82, 2.24) is 10.3 Å². The first kappa shape index (κ1) is 16.7. The summed E-state index contributed by atoms with van der Waals surface area (Å²) in [6, 6.07) is 24.3. The van der Waals surface area contributed by atoms with Gasteiger partial charge in [-0.2, -0.15) is 0 Å². The molecule has 25 heavy (non-hydrogen) atoms. The number of benzene rings is 2. The Labute approximate surface area is 148 Å². The van der Waals surface area contributed by atoms with Gasteiger partial charge in [0.15, 0.2) is 0 Å². The van der Waals surface area contributed by atoms with E-state index in [1.807, 2.05) is 48.5 Å². The van der Waals surface area contributed by atoms with Gasteiger partial charge in [-0.25, -0.2) is 4.98 Å². The van der Waals surface area contributed by atoms with Gasteiger partial charge < -0.3 is 16.8 Å². The van der Waals surface area contributed by atoms with Gasteiger partial charge in [-0.3, -0.25) is 0 Å². The molecule has 1 heterocycles. The molecule has 4 heteroatoms. The van der Waals surface area contributed by atoms with Crippen molar-refractivity contribution in [3.63, 3.8) is 0 Å². The summed E-state index contributed by atoms with van der Waals surface area (Å²) in [5.74, 6) is 0.850. The molecular formula is C21H22N4. The summed E-state index contributed by atoms with van der Waals surface area (Å²) in [6.45, 7) is 1.56. The van der Waals surface area contributed by atoms with Crippen LogP contribution in [0.4, 0.5) is 11.6 Å². The highest BCUT2D eigenvalue weighted by Crippen LogP contribution is 2.25. The van der Waals surface area contributed by atoms with E-state index in [1.54, 1.807) is 0 Å². The van der Waals surface area contributed by atoms with Gasteiger partial charge in [0.05, 0.1) is 0 Å². The topological polar surface area (TPSA) is 77.0 Å². The summed E-state index contributed by atoms with van der Waals surface area (Å²) in [5, 5.41) is 3.45. The third-order valence-corrected chi connectivity index (χ3v) is 3.88. The number of hydrogen-bond acceptors (Lipinski definition) is 4. The number of nitrogen functional groups attached to an aromatic ring is 2. The number of hydrogen-bond donors (Lipinski definition) is 3. The predicted octanol–water partition coefficient (Wildman–Crippen LogP) is 3.47. The van der Waals surface area contributed by atoms with Crippen molar-refractivity contribution >= 4 is 17.2 Å². The number of pyridine rings is 1. The zero-order chi connectivity index (χ0) is 17.5. The Kier molecular flexibility index (Phi) is 5.44. The van der Waals surface area contributed by atoms with E-state index in [0.29, 0.717) is 11.6 Å². The smallest absolute Gasteiger partial charge is 0.126 e. The van der Waals surface area contributed by atoms with Crippen LogP contribution < -0.4 is 16.8 Å². The lowest BCUT2D eigenvalue weighted by molar-refractivity contribution is 0.760. The van der Waals surface area contributed by atoms with Crippen LogP contribution in [-0.2, 0) is 6.54 Å². The number of nitrogens with one attached hydrogen (secondary N) is 1. The Morgan fingerprint density at radius 3 is 2.08 bits per heavy atom. The van der Waals surface area contributed by atoms with Crippen LogP contribution in [0.2, 0.25) is 0 Å². The summed E-state index contributed by atoms with van der Waals surface area (Å²) in [6.07, 6.45) is 2.16. The Bertz CT molecular complexity index is 822. The van der Waals surface area contributed by atoms with Gasteiger partial charge in [0, 0.05) is 13.1 Å². The fourth-order valence-corrected chi connectivity index (χ4v) is 2.74. The van der Waals surface area contributed by atoms with Crippen LogP contribution in [0.15, 0.2) is 78.9 Å². The largest absolute Gasteiger partial charge is 0.384 e. The van der Waals surface area contributed by atoms with Gasteiger partial charge in [0.1, 0.15) is 11.6 Å². The van der Waals surface area contributed by atoms with Crippen LogP contribution in [0.3, 0.4) is 0 Å². The van der Waals surface area contributed by atoms with Crippen molar-refractivity contribution in [3.8, 4) is 0 Å². The molecule has 4 nitrogen and oxygen atoms in total. The Morgan fingerprint density at radius 1 is 0.840 bits per heavy atom. The molecule has 3 rings (SSSR count). The van der Waals surface area contributed by atoms with Gasteiger partial charge in [-0.1, -0.05) is 66.7 Å². The highest BCUT2D eigenvalue weighted by Gasteiger charge is 2.07. The monoisotopic (exact) mass is 330 g/mol. The van der Waals surface area contributed by atoms with Gasteiger partial charge in [-0.15, -0.1) is 0 Å². The number of nitrogens with two attached hydrogens (primary N) is 2. The van der Waals surface area contributed by atoms with Gasteiger partial charge in [0.2, 0.25) is 0 Å². The van der Waals surface area contributed by atoms with Crippen LogP contribution >= 0.6 is 0 Å². The van der Waals surface area contributed by atoms with E-state index in [4.69, 9.17) is 11.5 Å². The number of rotatable bonds is 6. The maximum Gasteiger partial charge on any atom is 0.126 e. The number of anilines is 2. The molecule has 0 atom stereocenters. The summed E-state index contributed by atoms with van der Waals surface area (Å²) >= 11 is 0. The van der Waals surface area contributed by atoms with Crippen LogP contribution in [-0.4, -0.2) is 11.5 Å². The molecule has 1 aromatic heterocycles. The number of aromatic nitrogens is 1. The van der Waals surface area contributed by atoms with Crippen LogP contribution in [0.1, 0.15) is 16.7 Å². The molecule has 3 aromatic rings. The van der Waals surface area contributed by atoms with Gasteiger partial charge in [-0.05, 0) is 34.4 Å². The Balaban J connectivity index is 1.81. The third-order valence-electron chi connectivity index (χ3n) is 3.88. The molecule has 0 unspecified atom stereocenters. The maximum atomic E-state index is 5.87. The molecule has 0 saturated carbocycles. The minimum absolute atomic E-state index is 0.425. The molecular weight excluding hydrogens is 308 g/mol. The van der Waals surface area contributed by atoms with Crippen molar-refractivity contribution in [2.45, 2.75) is 6.54 Å². The van der Waals surface area contributed by atoms with E-state index >= 15 is 0 Å². The van der Waals surface area contributed by atoms with Gasteiger partial charge >= 0.3 is 0 Å². The minimum Gasteiger partial charge on any atom is -0.384 e. The van der Waals surface area contributed by atoms with Crippen LogP contribution in [0, 0.1) is 0 Å². The molecule has 0 aliphatic rings. The van der Waals surface area contributed by atoms with Crippen molar-refractivity contribution in [3.05, 3.63) is 95.6 Å². The third kappa shape index (κ3) is 4.68. The lowest BCUT2D eigenvalue weighted by Gasteiger charge is -2.11. The van der Waals surface area contributed by atoms with E-state index in [9.17, 15) is 0 Å². The lowest BCUT2D eigenvalue weighted by Crippen LogP contribution is -2.13. The molecule has 0 saturated heterocycles. The average molecular weight is 330 g/mol. The molecule has 0 bridgehead atoms. The van der Waals surface area contributed by atoms with Crippen molar-refractivity contribution in [2.24, 2.45) is 0 Å². The second-order valence-corrected chi connectivity index (χ2v) is 5.81. The van der Waals surface area contributed by atoms with E-state index in [0.717, 1.165) is 29.8 Å². The zero-order valence-electron chi connectivity index (χ0n) is 14.0. The van der Waals surface area contributed by atoms with Crippen molar-refractivity contribution in [1.29, 1.82) is 0 Å². The molecule has 0 spiro atoms.